The van der Waals surface area contributed by atoms with Gasteiger partial charge in [0.1, 0.15) is 0 Å². The Morgan fingerprint density at radius 3 is 2.31 bits per heavy atom. The fraction of sp³-hybridized carbons (Fsp3) is 0.125. The van der Waals surface area contributed by atoms with E-state index in [1.54, 1.807) is 0 Å². The smallest absolute Gasteiger partial charge is 0.246 e. The zero-order valence-corrected chi connectivity index (χ0v) is 10.1. The lowest BCUT2D eigenvalue weighted by molar-refractivity contribution is 0.476. The predicted molar refractivity (Wildman–Crippen MR) is 61.1 cm³/mol. The molecule has 0 saturated heterocycles. The number of phenols is 1. The van der Waals surface area contributed by atoms with Crippen LogP contribution in [0.2, 0.25) is 10.0 Å². The van der Waals surface area contributed by atoms with Crippen LogP contribution in [0.1, 0.15) is 0 Å². The van der Waals surface area contributed by atoms with Crippen LogP contribution in [0.5, 0.6) is 5.75 Å². The third kappa shape index (κ3) is 3.17. The molecule has 0 aromatic heterocycles. The van der Waals surface area contributed by atoms with Crippen molar-refractivity contribution in [3.8, 4) is 11.8 Å². The quantitative estimate of drug-likeness (QED) is 0.829. The molecule has 0 aliphatic heterocycles. The van der Waals surface area contributed by atoms with Crippen LogP contribution in [-0.2, 0) is 10.0 Å². The van der Waals surface area contributed by atoms with Crippen molar-refractivity contribution in [1.29, 1.82) is 5.26 Å². The lowest BCUT2D eigenvalue weighted by atomic mass is 10.3. The first-order valence-corrected chi connectivity index (χ1v) is 6.32. The summed E-state index contributed by atoms with van der Waals surface area (Å²) in [6.07, 6.45) is 0. The summed E-state index contributed by atoms with van der Waals surface area (Å²) in [5.74, 6) is -1.00. The van der Waals surface area contributed by atoms with E-state index in [1.165, 1.54) is 18.2 Å². The van der Waals surface area contributed by atoms with Crippen molar-refractivity contribution < 1.29 is 13.5 Å². The minimum atomic E-state index is -3.74. The van der Waals surface area contributed by atoms with Crippen molar-refractivity contribution in [3.63, 3.8) is 0 Å². The zero-order valence-electron chi connectivity index (χ0n) is 7.74. The fourth-order valence-corrected chi connectivity index (χ4v) is 2.13. The minimum Gasteiger partial charge on any atom is -0.505 e. The second-order valence-corrected chi connectivity index (χ2v) is 5.34. The third-order valence-electron chi connectivity index (χ3n) is 1.54. The molecule has 1 aromatic carbocycles. The lowest BCUT2D eigenvalue weighted by Gasteiger charge is -2.07. The van der Waals surface area contributed by atoms with Gasteiger partial charge in [-0.3, -0.25) is 4.72 Å². The van der Waals surface area contributed by atoms with Gasteiger partial charge < -0.3 is 5.11 Å². The van der Waals surface area contributed by atoms with Gasteiger partial charge in [-0.05, 0) is 12.1 Å². The van der Waals surface area contributed by atoms with Crippen LogP contribution < -0.4 is 4.72 Å². The summed E-state index contributed by atoms with van der Waals surface area (Å²) in [5, 5.41) is 17.3. The fourth-order valence-electron chi connectivity index (χ4n) is 0.925. The Morgan fingerprint density at radius 1 is 1.38 bits per heavy atom. The summed E-state index contributed by atoms with van der Waals surface area (Å²) in [7, 11) is -3.74. The highest BCUT2D eigenvalue weighted by atomic mass is 35.5. The standard InChI is InChI=1S/C8H6Cl2N2O3S/c9-6-3-5(4-7(10)8(6)13)12-16(14,15)2-1-11/h3-4,12-13H,2H2. The Morgan fingerprint density at radius 2 is 1.88 bits per heavy atom. The SMILES string of the molecule is N#CCS(=O)(=O)Nc1cc(Cl)c(O)c(Cl)c1. The van der Waals surface area contributed by atoms with Gasteiger partial charge in [0.15, 0.2) is 11.5 Å². The molecule has 0 unspecified atom stereocenters. The maximum Gasteiger partial charge on any atom is 0.246 e. The summed E-state index contributed by atoms with van der Waals surface area (Å²) in [4.78, 5) is 0. The zero-order chi connectivity index (χ0) is 12.3. The second kappa shape index (κ2) is 4.78. The molecule has 0 atom stereocenters. The highest BCUT2D eigenvalue weighted by Gasteiger charge is 2.12. The molecule has 0 radical (unpaired) electrons. The van der Waals surface area contributed by atoms with E-state index < -0.39 is 15.8 Å². The van der Waals surface area contributed by atoms with Gasteiger partial charge in [0.25, 0.3) is 0 Å². The number of nitriles is 1. The van der Waals surface area contributed by atoms with E-state index in [-0.39, 0.29) is 21.5 Å². The van der Waals surface area contributed by atoms with E-state index in [0.717, 1.165) is 0 Å². The van der Waals surface area contributed by atoms with Gasteiger partial charge in [-0.25, -0.2) is 8.42 Å². The highest BCUT2D eigenvalue weighted by Crippen LogP contribution is 2.34. The van der Waals surface area contributed by atoms with Crippen molar-refractivity contribution in [2.75, 3.05) is 10.5 Å². The number of halogens is 2. The van der Waals surface area contributed by atoms with Crippen LogP contribution in [0.25, 0.3) is 0 Å². The molecular weight excluding hydrogens is 275 g/mol. The van der Waals surface area contributed by atoms with Gasteiger partial charge in [0.2, 0.25) is 10.0 Å². The number of nitrogens with zero attached hydrogens (tertiary/aromatic N) is 1. The van der Waals surface area contributed by atoms with Gasteiger partial charge >= 0.3 is 0 Å². The third-order valence-corrected chi connectivity index (χ3v) is 3.18. The van der Waals surface area contributed by atoms with E-state index in [1.807, 2.05) is 0 Å². The van der Waals surface area contributed by atoms with E-state index >= 15 is 0 Å². The van der Waals surface area contributed by atoms with Gasteiger partial charge in [-0.1, -0.05) is 23.2 Å². The first kappa shape index (κ1) is 12.9. The molecule has 8 heteroatoms. The number of rotatable bonds is 3. The number of nitrogens with one attached hydrogen (secondary N) is 1. The van der Waals surface area contributed by atoms with Crippen LogP contribution in [0.4, 0.5) is 5.69 Å². The minimum absolute atomic E-state index is 0.0813. The van der Waals surface area contributed by atoms with Crippen molar-refractivity contribution in [3.05, 3.63) is 22.2 Å². The van der Waals surface area contributed by atoms with Crippen LogP contribution >= 0.6 is 23.2 Å². The molecule has 0 amide bonds. The average molecular weight is 281 g/mol. The number of benzene rings is 1. The van der Waals surface area contributed by atoms with Crippen molar-refractivity contribution >= 4 is 38.9 Å². The molecule has 0 bridgehead atoms. The topological polar surface area (TPSA) is 90.2 Å². The van der Waals surface area contributed by atoms with Gasteiger partial charge in [-0.15, -0.1) is 0 Å². The first-order chi connectivity index (χ1) is 7.35. The molecule has 86 valence electrons. The summed E-state index contributed by atoms with van der Waals surface area (Å²) < 4.78 is 24.5. The maximum absolute atomic E-state index is 11.2. The normalized spacial score (nSPS) is 10.8. The molecule has 5 nitrogen and oxygen atoms in total. The molecule has 0 spiro atoms. The molecule has 1 aromatic rings. The van der Waals surface area contributed by atoms with Crippen molar-refractivity contribution in [1.82, 2.24) is 0 Å². The van der Waals surface area contributed by atoms with Crippen LogP contribution in [0, 0.1) is 11.3 Å². The second-order valence-electron chi connectivity index (χ2n) is 2.81. The monoisotopic (exact) mass is 280 g/mol. The summed E-state index contributed by atoms with van der Waals surface area (Å²) >= 11 is 11.2. The van der Waals surface area contributed by atoms with Crippen LogP contribution in [0.15, 0.2) is 12.1 Å². The van der Waals surface area contributed by atoms with Crippen molar-refractivity contribution in [2.24, 2.45) is 0 Å². The molecule has 0 aliphatic rings. The Hall–Kier alpha value is -1.16. The molecule has 0 fully saturated rings. The number of aromatic hydroxyl groups is 1. The summed E-state index contributed by atoms with van der Waals surface area (Å²) in [6, 6.07) is 3.89. The van der Waals surface area contributed by atoms with Crippen LogP contribution in [-0.4, -0.2) is 19.3 Å². The van der Waals surface area contributed by atoms with E-state index in [4.69, 9.17) is 28.5 Å². The number of hydrogen-bond donors (Lipinski definition) is 2. The molecule has 16 heavy (non-hydrogen) atoms. The average Bonchev–Trinajstić information content (AvgIpc) is 2.13. The molecule has 2 N–H and O–H groups in total. The highest BCUT2D eigenvalue weighted by molar-refractivity contribution is 7.92. The Labute approximate surface area is 102 Å². The van der Waals surface area contributed by atoms with Gasteiger partial charge in [0, 0.05) is 0 Å². The number of hydrogen-bond acceptors (Lipinski definition) is 4. The van der Waals surface area contributed by atoms with Crippen molar-refractivity contribution in [2.45, 2.75) is 0 Å². The Kier molecular flexibility index (Phi) is 3.86. The van der Waals surface area contributed by atoms with Gasteiger partial charge in [-0.2, -0.15) is 5.26 Å². The number of sulfonamides is 1. The molecule has 0 heterocycles. The van der Waals surface area contributed by atoms with E-state index in [0.29, 0.717) is 0 Å². The molecule has 1 rings (SSSR count). The Bertz CT molecular complexity index is 528. The molecule has 0 aliphatic carbocycles. The molecule has 0 saturated carbocycles. The number of anilines is 1. The molecular formula is C8H6Cl2N2O3S. The maximum atomic E-state index is 11.2. The summed E-state index contributed by atoms with van der Waals surface area (Å²) in [6.45, 7) is 0. The van der Waals surface area contributed by atoms with Crippen LogP contribution in [0.3, 0.4) is 0 Å². The Balaban J connectivity index is 3.05. The largest absolute Gasteiger partial charge is 0.505 e. The lowest BCUT2D eigenvalue weighted by Crippen LogP contribution is -2.15. The summed E-state index contributed by atoms with van der Waals surface area (Å²) in [5.41, 5.74) is 0.0862. The van der Waals surface area contributed by atoms with Gasteiger partial charge in [0.05, 0.1) is 21.8 Å². The first-order valence-electron chi connectivity index (χ1n) is 3.91. The van der Waals surface area contributed by atoms with E-state index in [9.17, 15) is 13.5 Å². The van der Waals surface area contributed by atoms with E-state index in [2.05, 4.69) is 4.72 Å². The number of phenolic OH excluding ortho intramolecular Hbond substituents is 1. The predicted octanol–water partition coefficient (Wildman–Crippen LogP) is 1.96.